The van der Waals surface area contributed by atoms with E-state index in [9.17, 15) is 12.8 Å². The molecule has 18 heavy (non-hydrogen) atoms. The average Bonchev–Trinajstić information content (AvgIpc) is 2.26. The number of rotatable bonds is 6. The molecule has 0 saturated carbocycles. The van der Waals surface area contributed by atoms with Gasteiger partial charge in [-0.1, -0.05) is 13.0 Å². The number of benzene rings is 1. The van der Waals surface area contributed by atoms with Crippen molar-refractivity contribution in [2.45, 2.75) is 18.4 Å². The lowest BCUT2D eigenvalue weighted by Gasteiger charge is -2.14. The highest BCUT2D eigenvalue weighted by Gasteiger charge is 2.20. The van der Waals surface area contributed by atoms with E-state index in [4.69, 9.17) is 0 Å². The molecule has 0 unspecified atom stereocenters. The van der Waals surface area contributed by atoms with Gasteiger partial charge in [0.05, 0.1) is 0 Å². The van der Waals surface area contributed by atoms with Crippen LogP contribution >= 0.6 is 0 Å². The van der Waals surface area contributed by atoms with Crippen LogP contribution in [0.2, 0.25) is 0 Å². The third kappa shape index (κ3) is 4.02. The topological polar surface area (TPSA) is 61.4 Å². The molecule has 7 heteroatoms. The van der Waals surface area contributed by atoms with Gasteiger partial charge in [-0.25, -0.2) is 17.8 Å². The second-order valence-corrected chi connectivity index (χ2v) is 5.66. The molecular weight excluding hydrogens is 257 g/mol. The summed E-state index contributed by atoms with van der Waals surface area (Å²) in [5, 5.41) is 4.31. The third-order valence-electron chi connectivity index (χ3n) is 2.17. The highest BCUT2D eigenvalue weighted by Crippen LogP contribution is 2.16. The van der Waals surface area contributed by atoms with Crippen molar-refractivity contribution in [1.82, 2.24) is 15.2 Å². The summed E-state index contributed by atoms with van der Waals surface area (Å²) in [7, 11) is -0.813. The van der Waals surface area contributed by atoms with Gasteiger partial charge in [-0.05, 0) is 24.2 Å². The van der Waals surface area contributed by atoms with E-state index in [1.54, 1.807) is 6.07 Å². The third-order valence-corrected chi connectivity index (χ3v) is 3.66. The molecule has 0 aliphatic rings. The Balaban J connectivity index is 3.07. The number of halogens is 1. The molecule has 0 bridgehead atoms. The quantitative estimate of drug-likeness (QED) is 0.750. The Morgan fingerprint density at radius 3 is 2.56 bits per heavy atom. The molecule has 2 N–H and O–H groups in total. The second kappa shape index (κ2) is 6.24. The van der Waals surface area contributed by atoms with Gasteiger partial charge in [0.25, 0.3) is 10.0 Å². The van der Waals surface area contributed by atoms with Crippen molar-refractivity contribution in [3.8, 4) is 0 Å². The SMILES string of the molecule is CCNCc1ccc(F)c(S(=O)(=O)NN(C)C)c1. The van der Waals surface area contributed by atoms with Crippen LogP contribution in [0.3, 0.4) is 0 Å². The highest BCUT2D eigenvalue weighted by atomic mass is 32.2. The van der Waals surface area contributed by atoms with Crippen molar-refractivity contribution in [2.75, 3.05) is 20.6 Å². The Bertz CT molecular complexity index is 503. The molecule has 0 aliphatic heterocycles. The van der Waals surface area contributed by atoms with Crippen molar-refractivity contribution >= 4 is 10.0 Å². The van der Waals surface area contributed by atoms with Crippen LogP contribution in [0, 0.1) is 5.82 Å². The molecule has 0 atom stereocenters. The van der Waals surface area contributed by atoms with Crippen LogP contribution in [0.5, 0.6) is 0 Å². The summed E-state index contributed by atoms with van der Waals surface area (Å²) in [6.07, 6.45) is 0. The first-order valence-electron chi connectivity index (χ1n) is 5.55. The molecule has 0 aliphatic carbocycles. The molecule has 0 aromatic heterocycles. The largest absolute Gasteiger partial charge is 0.313 e. The number of hydrogen-bond acceptors (Lipinski definition) is 4. The Labute approximate surface area is 107 Å². The van der Waals surface area contributed by atoms with Crippen LogP contribution in [0.25, 0.3) is 0 Å². The first-order chi connectivity index (χ1) is 8.36. The molecule has 0 heterocycles. The Morgan fingerprint density at radius 1 is 1.33 bits per heavy atom. The van der Waals surface area contributed by atoms with Gasteiger partial charge in [0, 0.05) is 20.6 Å². The van der Waals surface area contributed by atoms with Gasteiger partial charge in [0.15, 0.2) is 0 Å². The maximum absolute atomic E-state index is 13.6. The van der Waals surface area contributed by atoms with Crippen LogP contribution in [0.15, 0.2) is 23.1 Å². The van der Waals surface area contributed by atoms with E-state index >= 15 is 0 Å². The number of hydrazine groups is 1. The minimum atomic E-state index is -3.86. The molecule has 0 amide bonds. The molecule has 5 nitrogen and oxygen atoms in total. The van der Waals surface area contributed by atoms with Gasteiger partial charge in [-0.2, -0.15) is 0 Å². The van der Waals surface area contributed by atoms with Gasteiger partial charge in [-0.3, -0.25) is 0 Å². The predicted octanol–water partition coefficient (Wildman–Crippen LogP) is 0.690. The summed E-state index contributed by atoms with van der Waals surface area (Å²) in [6.45, 7) is 3.20. The fraction of sp³-hybridized carbons (Fsp3) is 0.455. The molecule has 1 aromatic rings. The molecule has 0 spiro atoms. The van der Waals surface area contributed by atoms with Gasteiger partial charge >= 0.3 is 0 Å². The summed E-state index contributed by atoms with van der Waals surface area (Å²) in [6, 6.07) is 4.06. The van der Waals surface area contributed by atoms with Crippen LogP contribution in [-0.4, -0.2) is 34.1 Å². The standard InChI is InChI=1S/C11H18FN3O2S/c1-4-13-8-9-5-6-10(12)11(7-9)18(16,17)14-15(2)3/h5-7,13-14H,4,8H2,1-3H3. The maximum atomic E-state index is 13.6. The Kier molecular flexibility index (Phi) is 5.21. The van der Waals surface area contributed by atoms with E-state index in [1.807, 2.05) is 6.92 Å². The van der Waals surface area contributed by atoms with Gasteiger partial charge in [0.2, 0.25) is 0 Å². The van der Waals surface area contributed by atoms with E-state index in [0.29, 0.717) is 6.54 Å². The van der Waals surface area contributed by atoms with E-state index < -0.39 is 15.8 Å². The van der Waals surface area contributed by atoms with E-state index in [2.05, 4.69) is 10.1 Å². The van der Waals surface area contributed by atoms with Gasteiger partial charge in [-0.15, -0.1) is 4.83 Å². The first-order valence-corrected chi connectivity index (χ1v) is 7.04. The van der Waals surface area contributed by atoms with Crippen LogP contribution in [-0.2, 0) is 16.6 Å². The molecule has 0 radical (unpaired) electrons. The normalized spacial score (nSPS) is 12.1. The summed E-state index contributed by atoms with van der Waals surface area (Å²) in [5.74, 6) is -0.760. The summed E-state index contributed by atoms with van der Waals surface area (Å²) in [5.41, 5.74) is 0.720. The monoisotopic (exact) mass is 275 g/mol. The lowest BCUT2D eigenvalue weighted by molar-refractivity contribution is 0.362. The highest BCUT2D eigenvalue weighted by molar-refractivity contribution is 7.89. The number of hydrogen-bond donors (Lipinski definition) is 2. The van der Waals surface area contributed by atoms with Crippen molar-refractivity contribution in [3.05, 3.63) is 29.6 Å². The van der Waals surface area contributed by atoms with Crippen LogP contribution in [0.1, 0.15) is 12.5 Å². The molecule has 102 valence electrons. The lowest BCUT2D eigenvalue weighted by atomic mass is 10.2. The minimum Gasteiger partial charge on any atom is -0.313 e. The van der Waals surface area contributed by atoms with Gasteiger partial charge < -0.3 is 5.32 Å². The smallest absolute Gasteiger partial charge is 0.256 e. The molecule has 0 fully saturated rings. The first kappa shape index (κ1) is 15.0. The fourth-order valence-corrected chi connectivity index (χ4v) is 2.63. The molecular formula is C11H18FN3O2S. The molecule has 1 rings (SSSR count). The Hall–Kier alpha value is -1.02. The predicted molar refractivity (Wildman–Crippen MR) is 67.8 cm³/mol. The zero-order valence-electron chi connectivity index (χ0n) is 10.7. The lowest BCUT2D eigenvalue weighted by Crippen LogP contribution is -2.36. The summed E-state index contributed by atoms with van der Waals surface area (Å²) < 4.78 is 37.3. The van der Waals surface area contributed by atoms with E-state index in [-0.39, 0.29) is 4.90 Å². The summed E-state index contributed by atoms with van der Waals surface area (Å²) >= 11 is 0. The minimum absolute atomic E-state index is 0.341. The van der Waals surface area contributed by atoms with Gasteiger partial charge in [0.1, 0.15) is 10.7 Å². The molecule has 1 aromatic carbocycles. The van der Waals surface area contributed by atoms with E-state index in [1.165, 1.54) is 25.2 Å². The van der Waals surface area contributed by atoms with Crippen LogP contribution in [0.4, 0.5) is 4.39 Å². The van der Waals surface area contributed by atoms with Crippen molar-refractivity contribution < 1.29 is 12.8 Å². The van der Waals surface area contributed by atoms with Crippen molar-refractivity contribution in [3.63, 3.8) is 0 Å². The summed E-state index contributed by atoms with van der Waals surface area (Å²) in [4.78, 5) is 1.86. The van der Waals surface area contributed by atoms with Crippen molar-refractivity contribution in [2.24, 2.45) is 0 Å². The fourth-order valence-electron chi connectivity index (χ4n) is 1.42. The second-order valence-electron chi connectivity index (χ2n) is 4.03. The zero-order valence-corrected chi connectivity index (χ0v) is 11.5. The Morgan fingerprint density at radius 2 is 2.00 bits per heavy atom. The zero-order chi connectivity index (χ0) is 13.8. The number of sulfonamides is 1. The van der Waals surface area contributed by atoms with Crippen LogP contribution < -0.4 is 10.1 Å². The van der Waals surface area contributed by atoms with E-state index in [0.717, 1.165) is 18.2 Å². The van der Waals surface area contributed by atoms with Crippen molar-refractivity contribution in [1.29, 1.82) is 0 Å². The molecule has 0 saturated heterocycles. The maximum Gasteiger partial charge on any atom is 0.256 e. The number of nitrogens with one attached hydrogen (secondary N) is 2. The number of nitrogens with zero attached hydrogens (tertiary/aromatic N) is 1. The average molecular weight is 275 g/mol.